The van der Waals surface area contributed by atoms with Gasteiger partial charge >= 0.3 is 0 Å². The Bertz CT molecular complexity index is 470. The van der Waals surface area contributed by atoms with Crippen LogP contribution in [0.1, 0.15) is 38.2 Å². The number of rotatable bonds is 6. The number of hydrogen-bond acceptors (Lipinski definition) is 3. The van der Waals surface area contributed by atoms with Crippen molar-refractivity contribution in [2.75, 3.05) is 25.4 Å². The van der Waals surface area contributed by atoms with Gasteiger partial charge in [0.05, 0.1) is 11.9 Å². The van der Waals surface area contributed by atoms with Crippen LogP contribution < -0.4 is 4.74 Å². The third kappa shape index (κ3) is 5.56. The Morgan fingerprint density at radius 2 is 2.00 bits per heavy atom. The Morgan fingerprint density at radius 3 is 2.68 bits per heavy atom. The number of carbonyl (C=O) groups is 1. The minimum Gasteiger partial charge on any atom is -0.493 e. The molecule has 1 atom stereocenters. The van der Waals surface area contributed by atoms with Crippen molar-refractivity contribution in [2.24, 2.45) is 0 Å². The first-order chi connectivity index (χ1) is 10.7. The van der Waals surface area contributed by atoms with Gasteiger partial charge in [0.2, 0.25) is 5.91 Å². The molecule has 22 heavy (non-hydrogen) atoms. The minimum absolute atomic E-state index is 0.0270. The molecule has 1 saturated heterocycles. The fraction of sp³-hybridized carbons (Fsp3) is 0.611. The van der Waals surface area contributed by atoms with Crippen molar-refractivity contribution in [1.29, 1.82) is 0 Å². The standard InChI is InChI=1S/C18H27NO2S/c1-15-8-7-9-17(14-15)21-12-13-22-16(2)18(20)19-10-5-3-4-6-11-19/h7-9,14,16H,3-6,10-13H2,1-2H3. The zero-order valence-corrected chi connectivity index (χ0v) is 14.5. The summed E-state index contributed by atoms with van der Waals surface area (Å²) in [5.41, 5.74) is 1.20. The second kappa shape index (κ2) is 9.09. The van der Waals surface area contributed by atoms with Crippen LogP contribution in [0.25, 0.3) is 0 Å². The smallest absolute Gasteiger partial charge is 0.235 e. The normalized spacial score (nSPS) is 16.9. The highest BCUT2D eigenvalue weighted by molar-refractivity contribution is 8.00. The summed E-state index contributed by atoms with van der Waals surface area (Å²) in [4.78, 5) is 14.5. The molecule has 0 radical (unpaired) electrons. The van der Waals surface area contributed by atoms with Gasteiger partial charge in [0.25, 0.3) is 0 Å². The Kier molecular flexibility index (Phi) is 7.10. The molecule has 2 rings (SSSR count). The second-order valence-corrected chi connectivity index (χ2v) is 7.37. The van der Waals surface area contributed by atoms with Gasteiger partial charge in [-0.2, -0.15) is 0 Å². The van der Waals surface area contributed by atoms with E-state index in [1.165, 1.54) is 18.4 Å². The Balaban J connectivity index is 1.68. The van der Waals surface area contributed by atoms with Crippen molar-refractivity contribution >= 4 is 17.7 Å². The van der Waals surface area contributed by atoms with Crippen LogP contribution in [0.3, 0.4) is 0 Å². The van der Waals surface area contributed by atoms with E-state index in [1.807, 2.05) is 30.0 Å². The van der Waals surface area contributed by atoms with Crippen LogP contribution in [-0.4, -0.2) is 41.5 Å². The van der Waals surface area contributed by atoms with Crippen molar-refractivity contribution in [3.05, 3.63) is 29.8 Å². The molecule has 3 nitrogen and oxygen atoms in total. The van der Waals surface area contributed by atoms with Gasteiger partial charge in [-0.1, -0.05) is 25.0 Å². The molecule has 0 saturated carbocycles. The lowest BCUT2D eigenvalue weighted by Gasteiger charge is -2.23. The zero-order chi connectivity index (χ0) is 15.8. The highest BCUT2D eigenvalue weighted by Gasteiger charge is 2.21. The molecule has 1 aromatic rings. The molecular formula is C18H27NO2S. The summed E-state index contributed by atoms with van der Waals surface area (Å²) in [5.74, 6) is 2.05. The van der Waals surface area contributed by atoms with Gasteiger partial charge < -0.3 is 9.64 Å². The van der Waals surface area contributed by atoms with E-state index in [9.17, 15) is 4.79 Å². The van der Waals surface area contributed by atoms with Gasteiger partial charge in [-0.15, -0.1) is 11.8 Å². The maximum atomic E-state index is 12.4. The van der Waals surface area contributed by atoms with Crippen LogP contribution in [0.2, 0.25) is 0 Å². The van der Waals surface area contributed by atoms with Crippen molar-refractivity contribution < 1.29 is 9.53 Å². The Labute approximate surface area is 138 Å². The van der Waals surface area contributed by atoms with Crippen molar-refractivity contribution in [3.8, 4) is 5.75 Å². The fourth-order valence-corrected chi connectivity index (χ4v) is 3.53. The quantitative estimate of drug-likeness (QED) is 0.744. The molecule has 1 unspecified atom stereocenters. The molecule has 1 aromatic carbocycles. The number of thioether (sulfide) groups is 1. The van der Waals surface area contributed by atoms with Gasteiger partial charge in [0.15, 0.2) is 0 Å². The average Bonchev–Trinajstić information content (AvgIpc) is 2.80. The van der Waals surface area contributed by atoms with Gasteiger partial charge in [-0.05, 0) is 44.4 Å². The van der Waals surface area contributed by atoms with E-state index in [2.05, 4.69) is 13.0 Å². The molecule has 0 N–H and O–H groups in total. The lowest BCUT2D eigenvalue weighted by Crippen LogP contribution is -2.37. The lowest BCUT2D eigenvalue weighted by molar-refractivity contribution is -0.130. The number of ether oxygens (including phenoxy) is 1. The Hall–Kier alpha value is -1.16. The molecule has 1 aliphatic rings. The van der Waals surface area contributed by atoms with Crippen molar-refractivity contribution in [1.82, 2.24) is 4.90 Å². The lowest BCUT2D eigenvalue weighted by atomic mass is 10.2. The number of amides is 1. The summed E-state index contributed by atoms with van der Waals surface area (Å²) in [6.07, 6.45) is 4.82. The number of carbonyl (C=O) groups excluding carboxylic acids is 1. The molecule has 1 aliphatic heterocycles. The van der Waals surface area contributed by atoms with Gasteiger partial charge in [0.1, 0.15) is 5.75 Å². The summed E-state index contributed by atoms with van der Waals surface area (Å²) < 4.78 is 5.74. The first kappa shape index (κ1) is 17.2. The van der Waals surface area contributed by atoms with Crippen LogP contribution in [0.4, 0.5) is 0 Å². The molecule has 1 amide bonds. The van der Waals surface area contributed by atoms with Gasteiger partial charge in [0, 0.05) is 18.8 Å². The summed E-state index contributed by atoms with van der Waals surface area (Å²) in [7, 11) is 0. The summed E-state index contributed by atoms with van der Waals surface area (Å²) in [6.45, 7) is 6.59. The number of nitrogens with zero attached hydrogens (tertiary/aromatic N) is 1. The molecule has 0 aliphatic carbocycles. The third-order valence-corrected chi connectivity index (χ3v) is 5.08. The largest absolute Gasteiger partial charge is 0.493 e. The van der Waals surface area contributed by atoms with E-state index < -0.39 is 0 Å². The van der Waals surface area contributed by atoms with E-state index in [0.29, 0.717) is 12.5 Å². The molecule has 1 fully saturated rings. The number of likely N-dealkylation sites (tertiary alicyclic amines) is 1. The topological polar surface area (TPSA) is 29.5 Å². The molecular weight excluding hydrogens is 294 g/mol. The molecule has 1 heterocycles. The van der Waals surface area contributed by atoms with Crippen molar-refractivity contribution in [3.63, 3.8) is 0 Å². The van der Waals surface area contributed by atoms with Crippen LogP contribution >= 0.6 is 11.8 Å². The summed E-state index contributed by atoms with van der Waals surface area (Å²) in [6, 6.07) is 8.08. The minimum atomic E-state index is 0.0270. The highest BCUT2D eigenvalue weighted by atomic mass is 32.2. The first-order valence-electron chi connectivity index (χ1n) is 8.26. The maximum absolute atomic E-state index is 12.4. The fourth-order valence-electron chi connectivity index (χ4n) is 2.71. The summed E-state index contributed by atoms with van der Waals surface area (Å²) in [5, 5.41) is 0.0270. The second-order valence-electron chi connectivity index (χ2n) is 5.92. The van der Waals surface area contributed by atoms with E-state index in [4.69, 9.17) is 4.74 Å². The van der Waals surface area contributed by atoms with E-state index >= 15 is 0 Å². The molecule has 0 bridgehead atoms. The zero-order valence-electron chi connectivity index (χ0n) is 13.7. The first-order valence-corrected chi connectivity index (χ1v) is 9.31. The van der Waals surface area contributed by atoms with Crippen LogP contribution in [0, 0.1) is 6.92 Å². The molecule has 0 aromatic heterocycles. The Morgan fingerprint density at radius 1 is 1.27 bits per heavy atom. The average molecular weight is 321 g/mol. The van der Waals surface area contributed by atoms with Gasteiger partial charge in [-0.25, -0.2) is 0 Å². The van der Waals surface area contributed by atoms with E-state index in [-0.39, 0.29) is 5.25 Å². The monoisotopic (exact) mass is 321 g/mol. The molecule has 0 spiro atoms. The predicted octanol–water partition coefficient (Wildman–Crippen LogP) is 3.90. The molecule has 122 valence electrons. The number of hydrogen-bond donors (Lipinski definition) is 0. The van der Waals surface area contributed by atoms with Crippen LogP contribution in [-0.2, 0) is 4.79 Å². The van der Waals surface area contributed by atoms with Crippen LogP contribution in [0.15, 0.2) is 24.3 Å². The van der Waals surface area contributed by atoms with E-state index in [1.54, 1.807) is 11.8 Å². The highest BCUT2D eigenvalue weighted by Crippen LogP contribution is 2.18. The predicted molar refractivity (Wildman–Crippen MR) is 93.6 cm³/mol. The number of aryl methyl sites for hydroxylation is 1. The third-order valence-electron chi connectivity index (χ3n) is 3.97. The summed E-state index contributed by atoms with van der Waals surface area (Å²) >= 11 is 1.69. The SMILES string of the molecule is Cc1cccc(OCCSC(C)C(=O)N2CCCCCC2)c1. The maximum Gasteiger partial charge on any atom is 0.235 e. The van der Waals surface area contributed by atoms with Gasteiger partial charge in [-0.3, -0.25) is 4.79 Å². The number of benzene rings is 1. The van der Waals surface area contributed by atoms with Crippen LogP contribution in [0.5, 0.6) is 5.75 Å². The molecule has 4 heteroatoms. The van der Waals surface area contributed by atoms with Crippen molar-refractivity contribution in [2.45, 2.75) is 44.8 Å². The van der Waals surface area contributed by atoms with E-state index in [0.717, 1.165) is 37.4 Å².